The van der Waals surface area contributed by atoms with Gasteiger partial charge in [0.1, 0.15) is 0 Å². The molecule has 0 unspecified atom stereocenters. The first-order chi connectivity index (χ1) is 10.8. The number of aromatic amines is 1. The summed E-state index contributed by atoms with van der Waals surface area (Å²) in [6, 6.07) is 8.17. The van der Waals surface area contributed by atoms with Crippen molar-refractivity contribution in [3.8, 4) is 0 Å². The van der Waals surface area contributed by atoms with E-state index in [1.54, 1.807) is 12.4 Å². The molecule has 0 radical (unpaired) electrons. The van der Waals surface area contributed by atoms with Gasteiger partial charge in [0, 0.05) is 37.3 Å². The zero-order valence-electron chi connectivity index (χ0n) is 12.6. The van der Waals surface area contributed by atoms with Crippen LogP contribution in [0.25, 0.3) is 5.70 Å². The minimum atomic E-state index is -0.293. The Morgan fingerprint density at radius 2 is 2.32 bits per heavy atom. The molecule has 0 spiro atoms. The molecule has 22 heavy (non-hydrogen) atoms. The lowest BCUT2D eigenvalue weighted by Crippen LogP contribution is -2.20. The SMILES string of the molecule is CCOC(=O)C=C1c2ccccc2CN1CCc1c[nH]cn1. The number of hydrogen-bond donors (Lipinski definition) is 1. The van der Waals surface area contributed by atoms with Gasteiger partial charge in [0.25, 0.3) is 0 Å². The van der Waals surface area contributed by atoms with Gasteiger partial charge in [-0.15, -0.1) is 0 Å². The van der Waals surface area contributed by atoms with Gasteiger partial charge in [0.15, 0.2) is 0 Å². The van der Waals surface area contributed by atoms with Crippen molar-refractivity contribution in [3.63, 3.8) is 0 Å². The van der Waals surface area contributed by atoms with Crippen molar-refractivity contribution in [2.45, 2.75) is 19.9 Å². The van der Waals surface area contributed by atoms with Gasteiger partial charge in [-0.25, -0.2) is 9.78 Å². The van der Waals surface area contributed by atoms with E-state index in [0.29, 0.717) is 6.61 Å². The van der Waals surface area contributed by atoms with Crippen molar-refractivity contribution in [2.24, 2.45) is 0 Å². The Morgan fingerprint density at radius 3 is 3.09 bits per heavy atom. The average molecular weight is 297 g/mol. The molecular weight excluding hydrogens is 278 g/mol. The molecule has 0 saturated heterocycles. The molecule has 0 atom stereocenters. The van der Waals surface area contributed by atoms with E-state index in [2.05, 4.69) is 27.0 Å². The molecule has 0 fully saturated rings. The lowest BCUT2D eigenvalue weighted by Gasteiger charge is -2.19. The van der Waals surface area contributed by atoms with Crippen molar-refractivity contribution in [1.82, 2.24) is 14.9 Å². The third-order valence-corrected chi connectivity index (χ3v) is 3.73. The zero-order chi connectivity index (χ0) is 15.4. The molecule has 2 aromatic rings. The van der Waals surface area contributed by atoms with Crippen LogP contribution in [0.5, 0.6) is 0 Å². The summed E-state index contributed by atoms with van der Waals surface area (Å²) in [5, 5.41) is 0. The largest absolute Gasteiger partial charge is 0.463 e. The van der Waals surface area contributed by atoms with Crippen molar-refractivity contribution in [1.29, 1.82) is 0 Å². The van der Waals surface area contributed by atoms with Gasteiger partial charge in [-0.3, -0.25) is 0 Å². The average Bonchev–Trinajstić information content (AvgIpc) is 3.14. The van der Waals surface area contributed by atoms with Crippen LogP contribution in [0.1, 0.15) is 23.7 Å². The summed E-state index contributed by atoms with van der Waals surface area (Å²) in [6.07, 6.45) is 6.01. The fraction of sp³-hybridized carbons (Fsp3) is 0.294. The van der Waals surface area contributed by atoms with Crippen molar-refractivity contribution < 1.29 is 9.53 Å². The van der Waals surface area contributed by atoms with E-state index in [0.717, 1.165) is 36.5 Å². The number of nitrogens with one attached hydrogen (secondary N) is 1. The highest BCUT2D eigenvalue weighted by Gasteiger charge is 2.24. The second-order valence-electron chi connectivity index (χ2n) is 5.17. The lowest BCUT2D eigenvalue weighted by molar-refractivity contribution is -0.137. The molecule has 1 aliphatic heterocycles. The predicted molar refractivity (Wildman–Crippen MR) is 83.8 cm³/mol. The summed E-state index contributed by atoms with van der Waals surface area (Å²) in [5.41, 5.74) is 4.30. The molecule has 5 heteroatoms. The number of fused-ring (bicyclic) bond motifs is 1. The Morgan fingerprint density at radius 1 is 1.45 bits per heavy atom. The first kappa shape index (κ1) is 14.4. The Kier molecular flexibility index (Phi) is 4.23. The van der Waals surface area contributed by atoms with Crippen LogP contribution in [-0.4, -0.2) is 34.0 Å². The number of esters is 1. The minimum Gasteiger partial charge on any atom is -0.463 e. The molecule has 1 aliphatic rings. The maximum atomic E-state index is 11.8. The molecule has 3 rings (SSSR count). The van der Waals surface area contributed by atoms with E-state index in [4.69, 9.17) is 4.74 Å². The maximum Gasteiger partial charge on any atom is 0.332 e. The molecule has 5 nitrogen and oxygen atoms in total. The minimum absolute atomic E-state index is 0.293. The number of carbonyl (C=O) groups excluding carboxylic acids is 1. The highest BCUT2D eigenvalue weighted by molar-refractivity contribution is 5.92. The normalized spacial score (nSPS) is 15.1. The van der Waals surface area contributed by atoms with Crippen LogP contribution in [0.15, 0.2) is 42.9 Å². The number of aromatic nitrogens is 2. The van der Waals surface area contributed by atoms with Gasteiger partial charge in [0.05, 0.1) is 24.3 Å². The highest BCUT2D eigenvalue weighted by atomic mass is 16.5. The third-order valence-electron chi connectivity index (χ3n) is 3.73. The molecule has 114 valence electrons. The second kappa shape index (κ2) is 6.47. The Labute approximate surface area is 129 Å². The topological polar surface area (TPSA) is 58.2 Å². The first-order valence-electron chi connectivity index (χ1n) is 7.47. The molecule has 1 aromatic carbocycles. The molecule has 1 aromatic heterocycles. The van der Waals surface area contributed by atoms with Crippen LogP contribution in [0.2, 0.25) is 0 Å². The van der Waals surface area contributed by atoms with Gasteiger partial charge in [0.2, 0.25) is 0 Å². The van der Waals surface area contributed by atoms with Crippen LogP contribution < -0.4 is 0 Å². The number of imidazole rings is 1. The number of nitrogens with zero attached hydrogens (tertiary/aromatic N) is 2. The fourth-order valence-electron chi connectivity index (χ4n) is 2.71. The Hall–Kier alpha value is -2.56. The van der Waals surface area contributed by atoms with Crippen LogP contribution >= 0.6 is 0 Å². The third kappa shape index (κ3) is 3.03. The predicted octanol–water partition coefficient (Wildman–Crippen LogP) is 2.37. The smallest absolute Gasteiger partial charge is 0.332 e. The number of H-pyrrole nitrogens is 1. The van der Waals surface area contributed by atoms with Crippen LogP contribution in [0.3, 0.4) is 0 Å². The standard InChI is InChI=1S/C17H19N3O2/c1-2-22-17(21)9-16-15-6-4-3-5-13(15)11-20(16)8-7-14-10-18-12-19-14/h3-6,9-10,12H,2,7-8,11H2,1H3,(H,18,19). The van der Waals surface area contributed by atoms with Gasteiger partial charge in [-0.1, -0.05) is 24.3 Å². The van der Waals surface area contributed by atoms with E-state index in [9.17, 15) is 4.79 Å². The van der Waals surface area contributed by atoms with Crippen molar-refractivity contribution in [2.75, 3.05) is 13.2 Å². The van der Waals surface area contributed by atoms with Gasteiger partial charge in [-0.05, 0) is 12.5 Å². The van der Waals surface area contributed by atoms with Gasteiger partial charge < -0.3 is 14.6 Å². The molecule has 0 bridgehead atoms. The fourth-order valence-corrected chi connectivity index (χ4v) is 2.71. The number of carbonyl (C=O) groups is 1. The van der Waals surface area contributed by atoms with Gasteiger partial charge in [-0.2, -0.15) is 0 Å². The van der Waals surface area contributed by atoms with Crippen molar-refractivity contribution >= 4 is 11.7 Å². The second-order valence-corrected chi connectivity index (χ2v) is 5.17. The molecular formula is C17H19N3O2. The van der Waals surface area contributed by atoms with Gasteiger partial charge >= 0.3 is 5.97 Å². The summed E-state index contributed by atoms with van der Waals surface area (Å²) in [7, 11) is 0. The molecule has 0 aliphatic carbocycles. The highest BCUT2D eigenvalue weighted by Crippen LogP contribution is 2.32. The maximum absolute atomic E-state index is 11.8. The van der Waals surface area contributed by atoms with E-state index < -0.39 is 0 Å². The number of rotatable bonds is 5. The summed E-state index contributed by atoms with van der Waals surface area (Å²) >= 11 is 0. The summed E-state index contributed by atoms with van der Waals surface area (Å²) in [4.78, 5) is 21.3. The van der Waals surface area contributed by atoms with Crippen LogP contribution in [0.4, 0.5) is 0 Å². The number of benzene rings is 1. The zero-order valence-corrected chi connectivity index (χ0v) is 12.6. The first-order valence-corrected chi connectivity index (χ1v) is 7.47. The summed E-state index contributed by atoms with van der Waals surface area (Å²) < 4.78 is 5.06. The van der Waals surface area contributed by atoms with E-state index >= 15 is 0 Å². The Bertz CT molecular complexity index is 677. The quantitative estimate of drug-likeness (QED) is 0.680. The van der Waals surface area contributed by atoms with Crippen LogP contribution in [0, 0.1) is 0 Å². The summed E-state index contributed by atoms with van der Waals surface area (Å²) in [5.74, 6) is -0.293. The summed E-state index contributed by atoms with van der Waals surface area (Å²) in [6.45, 7) is 3.82. The van der Waals surface area contributed by atoms with Crippen LogP contribution in [-0.2, 0) is 22.5 Å². The molecule has 1 N–H and O–H groups in total. The molecule has 0 amide bonds. The number of ether oxygens (including phenoxy) is 1. The Balaban J connectivity index is 1.81. The molecule has 0 saturated carbocycles. The monoisotopic (exact) mass is 297 g/mol. The lowest BCUT2D eigenvalue weighted by atomic mass is 10.1. The van der Waals surface area contributed by atoms with E-state index in [-0.39, 0.29) is 5.97 Å². The van der Waals surface area contributed by atoms with E-state index in [1.165, 1.54) is 5.56 Å². The van der Waals surface area contributed by atoms with Crippen molar-refractivity contribution in [3.05, 3.63) is 59.7 Å². The number of hydrogen-bond acceptors (Lipinski definition) is 4. The molecule has 2 heterocycles. The van der Waals surface area contributed by atoms with E-state index in [1.807, 2.05) is 25.3 Å².